The number of hydrogen-bond acceptors (Lipinski definition) is 3. The van der Waals surface area contributed by atoms with E-state index in [-0.39, 0.29) is 23.3 Å². The van der Waals surface area contributed by atoms with Gasteiger partial charge in [-0.1, -0.05) is 37.8 Å². The zero-order valence-corrected chi connectivity index (χ0v) is 12.8. The Morgan fingerprint density at radius 1 is 1.18 bits per heavy atom. The monoisotopic (exact) mass is 299 g/mol. The van der Waals surface area contributed by atoms with E-state index in [1.165, 1.54) is 17.4 Å². The number of nitrogens with zero attached hydrogens (tertiary/aromatic N) is 2. The van der Waals surface area contributed by atoms with Gasteiger partial charge in [0.2, 0.25) is 5.82 Å². The molecule has 1 amide bonds. The van der Waals surface area contributed by atoms with Crippen molar-refractivity contribution in [1.29, 1.82) is 0 Å². The van der Waals surface area contributed by atoms with E-state index in [9.17, 15) is 9.59 Å². The number of carbonyl (C=O) groups excluding carboxylic acids is 1. The van der Waals surface area contributed by atoms with Crippen LogP contribution in [-0.4, -0.2) is 21.5 Å². The van der Waals surface area contributed by atoms with Crippen LogP contribution in [0.15, 0.2) is 29.1 Å². The van der Waals surface area contributed by atoms with Gasteiger partial charge in [0.1, 0.15) is 0 Å². The molecule has 116 valence electrons. The van der Waals surface area contributed by atoms with E-state index in [0.717, 1.165) is 25.7 Å². The number of rotatable bonds is 2. The largest absolute Gasteiger partial charge is 0.347 e. The molecule has 0 aliphatic heterocycles. The summed E-state index contributed by atoms with van der Waals surface area (Å²) in [5.74, 6) is -0.0646. The zero-order chi connectivity index (χ0) is 15.5. The van der Waals surface area contributed by atoms with Crippen molar-refractivity contribution in [3.8, 4) is 0 Å². The zero-order valence-electron chi connectivity index (χ0n) is 12.8. The molecule has 5 nitrogen and oxygen atoms in total. The predicted octanol–water partition coefficient (Wildman–Crippen LogP) is 2.39. The summed E-state index contributed by atoms with van der Waals surface area (Å²) in [6, 6.07) is 7.31. The van der Waals surface area contributed by atoms with Gasteiger partial charge in [-0.3, -0.25) is 14.2 Å². The molecule has 0 radical (unpaired) electrons. The molecule has 5 heteroatoms. The van der Waals surface area contributed by atoms with Crippen LogP contribution in [0.1, 0.15) is 49.1 Å². The second-order valence-corrected chi connectivity index (χ2v) is 5.98. The summed E-state index contributed by atoms with van der Waals surface area (Å²) in [5.41, 5.74) is 0.383. The first-order valence-corrected chi connectivity index (χ1v) is 7.93. The number of hydrogen-bond donors (Lipinski definition) is 1. The number of fused-ring (bicyclic) bond motifs is 1. The van der Waals surface area contributed by atoms with Gasteiger partial charge in [0, 0.05) is 13.1 Å². The molecule has 1 aliphatic rings. The van der Waals surface area contributed by atoms with Gasteiger partial charge in [-0.15, -0.1) is 0 Å². The van der Waals surface area contributed by atoms with E-state index >= 15 is 0 Å². The van der Waals surface area contributed by atoms with E-state index in [2.05, 4.69) is 10.3 Å². The van der Waals surface area contributed by atoms with Crippen LogP contribution in [0.3, 0.4) is 0 Å². The minimum atomic E-state index is -0.253. The number of nitrogens with one attached hydrogen (secondary N) is 1. The van der Waals surface area contributed by atoms with Gasteiger partial charge >= 0.3 is 0 Å². The first-order valence-electron chi connectivity index (χ1n) is 7.93. The highest BCUT2D eigenvalue weighted by Crippen LogP contribution is 2.17. The molecule has 1 saturated carbocycles. The van der Waals surface area contributed by atoms with Gasteiger partial charge in [-0.2, -0.15) is 0 Å². The van der Waals surface area contributed by atoms with Crippen molar-refractivity contribution in [2.75, 3.05) is 0 Å². The summed E-state index contributed by atoms with van der Waals surface area (Å²) < 4.78 is 1.34. The molecular formula is C17H21N3O2. The van der Waals surface area contributed by atoms with Gasteiger partial charge in [0.15, 0.2) is 0 Å². The summed E-state index contributed by atoms with van der Waals surface area (Å²) >= 11 is 0. The molecule has 0 spiro atoms. The van der Waals surface area contributed by atoms with Gasteiger partial charge < -0.3 is 5.32 Å². The highest BCUT2D eigenvalue weighted by atomic mass is 16.2. The Morgan fingerprint density at radius 3 is 2.59 bits per heavy atom. The first-order chi connectivity index (χ1) is 10.7. The highest BCUT2D eigenvalue weighted by molar-refractivity contribution is 5.93. The predicted molar refractivity (Wildman–Crippen MR) is 85.9 cm³/mol. The lowest BCUT2D eigenvalue weighted by atomic mass is 10.1. The molecule has 1 fully saturated rings. The minimum absolute atomic E-state index is 0.184. The Kier molecular flexibility index (Phi) is 4.22. The Labute approximate surface area is 129 Å². The minimum Gasteiger partial charge on any atom is -0.347 e. The third kappa shape index (κ3) is 2.89. The average molecular weight is 299 g/mol. The second kappa shape index (κ2) is 6.30. The van der Waals surface area contributed by atoms with Crippen molar-refractivity contribution in [3.05, 3.63) is 40.4 Å². The Bertz CT molecular complexity index is 743. The molecule has 0 saturated heterocycles. The summed E-state index contributed by atoms with van der Waals surface area (Å²) in [4.78, 5) is 29.2. The lowest BCUT2D eigenvalue weighted by Gasteiger charge is -2.17. The van der Waals surface area contributed by atoms with Crippen LogP contribution in [-0.2, 0) is 7.05 Å². The van der Waals surface area contributed by atoms with Gasteiger partial charge in [0.25, 0.3) is 11.5 Å². The van der Waals surface area contributed by atoms with Crippen LogP contribution in [0.4, 0.5) is 0 Å². The van der Waals surface area contributed by atoms with Crippen LogP contribution < -0.4 is 10.9 Å². The maximum absolute atomic E-state index is 12.5. The van der Waals surface area contributed by atoms with Crippen LogP contribution in [0.25, 0.3) is 10.9 Å². The van der Waals surface area contributed by atoms with E-state index in [0.29, 0.717) is 10.9 Å². The molecule has 0 unspecified atom stereocenters. The molecule has 0 bridgehead atoms. The van der Waals surface area contributed by atoms with Gasteiger partial charge in [-0.25, -0.2) is 4.98 Å². The van der Waals surface area contributed by atoms with Gasteiger partial charge in [-0.05, 0) is 25.0 Å². The average Bonchev–Trinajstić information content (AvgIpc) is 2.79. The second-order valence-electron chi connectivity index (χ2n) is 5.98. The third-order valence-electron chi connectivity index (χ3n) is 4.38. The summed E-state index contributed by atoms with van der Waals surface area (Å²) in [7, 11) is 1.60. The molecule has 3 rings (SSSR count). The van der Waals surface area contributed by atoms with Crippen molar-refractivity contribution >= 4 is 16.8 Å². The Morgan fingerprint density at radius 2 is 1.86 bits per heavy atom. The third-order valence-corrected chi connectivity index (χ3v) is 4.38. The normalized spacial score (nSPS) is 16.4. The Balaban J connectivity index is 1.90. The number of aromatic nitrogens is 2. The van der Waals surface area contributed by atoms with Crippen molar-refractivity contribution < 1.29 is 4.79 Å². The molecule has 1 aliphatic carbocycles. The standard InChI is InChI=1S/C17H21N3O2/c1-20-15(16(21)18-12-8-4-2-3-5-9-12)19-14-11-7-6-10-13(14)17(20)22/h6-7,10-12H,2-5,8-9H2,1H3,(H,18,21). The van der Waals surface area contributed by atoms with Crippen LogP contribution >= 0.6 is 0 Å². The summed E-state index contributed by atoms with van der Waals surface area (Å²) in [6.45, 7) is 0. The van der Waals surface area contributed by atoms with E-state index < -0.39 is 0 Å². The molecule has 22 heavy (non-hydrogen) atoms. The lowest BCUT2D eigenvalue weighted by molar-refractivity contribution is 0.0918. The maximum atomic E-state index is 12.5. The molecule has 1 heterocycles. The summed E-state index contributed by atoms with van der Waals surface area (Å²) in [5, 5.41) is 3.58. The fraction of sp³-hybridized carbons (Fsp3) is 0.471. The van der Waals surface area contributed by atoms with E-state index in [4.69, 9.17) is 0 Å². The molecule has 1 aromatic carbocycles. The fourth-order valence-corrected chi connectivity index (χ4v) is 3.09. The van der Waals surface area contributed by atoms with Crippen LogP contribution in [0, 0.1) is 0 Å². The van der Waals surface area contributed by atoms with Gasteiger partial charge in [0.05, 0.1) is 10.9 Å². The summed E-state index contributed by atoms with van der Waals surface area (Å²) in [6.07, 6.45) is 6.78. The highest BCUT2D eigenvalue weighted by Gasteiger charge is 2.19. The van der Waals surface area contributed by atoms with E-state index in [1.54, 1.807) is 25.2 Å². The quantitative estimate of drug-likeness (QED) is 0.866. The Hall–Kier alpha value is -2.17. The van der Waals surface area contributed by atoms with Crippen molar-refractivity contribution in [1.82, 2.24) is 14.9 Å². The SMILES string of the molecule is Cn1c(C(=O)NC2CCCCCC2)nc2ccccc2c1=O. The van der Waals surface area contributed by atoms with Crippen molar-refractivity contribution in [2.45, 2.75) is 44.6 Å². The maximum Gasteiger partial charge on any atom is 0.287 e. The van der Waals surface area contributed by atoms with Crippen LogP contribution in [0.5, 0.6) is 0 Å². The molecule has 0 atom stereocenters. The van der Waals surface area contributed by atoms with E-state index in [1.807, 2.05) is 6.07 Å². The lowest BCUT2D eigenvalue weighted by Crippen LogP contribution is -2.38. The molecule has 2 aromatic rings. The number of para-hydroxylation sites is 1. The van der Waals surface area contributed by atoms with Crippen molar-refractivity contribution in [3.63, 3.8) is 0 Å². The first kappa shape index (κ1) is 14.8. The number of carbonyl (C=O) groups is 1. The molecule has 1 N–H and O–H groups in total. The smallest absolute Gasteiger partial charge is 0.287 e. The fourth-order valence-electron chi connectivity index (χ4n) is 3.09. The number of benzene rings is 1. The topological polar surface area (TPSA) is 64.0 Å². The van der Waals surface area contributed by atoms with Crippen LogP contribution in [0.2, 0.25) is 0 Å². The number of amides is 1. The van der Waals surface area contributed by atoms with Crippen molar-refractivity contribution in [2.24, 2.45) is 7.05 Å². The molecule has 1 aromatic heterocycles. The molecular weight excluding hydrogens is 278 g/mol.